The van der Waals surface area contributed by atoms with Gasteiger partial charge in [-0.05, 0) is 37.7 Å². The third kappa shape index (κ3) is 5.00. The largest absolute Gasteiger partial charge is 0.761 e. The maximum absolute atomic E-state index is 12.0. The number of halogens is 1. The summed E-state index contributed by atoms with van der Waals surface area (Å²) in [5.74, 6) is -0.198. The van der Waals surface area contributed by atoms with Crippen LogP contribution in [0.2, 0.25) is 5.02 Å². The molecule has 0 spiro atoms. The predicted molar refractivity (Wildman–Crippen MR) is 83.1 cm³/mol. The average Bonchev–Trinajstić information content (AvgIpc) is 2.34. The van der Waals surface area contributed by atoms with Crippen LogP contribution >= 0.6 is 11.6 Å². The SMILES string of the molecule is CN(C)CC(C)(C)CNC(=O)c1ccc(N[O-])c(Cl)c1. The van der Waals surface area contributed by atoms with Crippen LogP contribution in [0.5, 0.6) is 0 Å². The zero-order valence-electron chi connectivity index (χ0n) is 12.3. The van der Waals surface area contributed by atoms with Crippen LogP contribution in [0.1, 0.15) is 24.2 Å². The van der Waals surface area contributed by atoms with Crippen molar-refractivity contribution >= 4 is 23.2 Å². The Morgan fingerprint density at radius 1 is 1.40 bits per heavy atom. The van der Waals surface area contributed by atoms with Crippen LogP contribution in [0.15, 0.2) is 18.2 Å². The molecular formula is C14H21ClN3O2-. The first-order valence-electron chi connectivity index (χ1n) is 6.36. The van der Waals surface area contributed by atoms with Crippen LogP contribution in [-0.4, -0.2) is 38.0 Å². The molecule has 0 atom stereocenters. The van der Waals surface area contributed by atoms with E-state index in [0.29, 0.717) is 12.1 Å². The van der Waals surface area contributed by atoms with Gasteiger partial charge in [0.1, 0.15) is 0 Å². The summed E-state index contributed by atoms with van der Waals surface area (Å²) in [4.78, 5) is 14.1. The predicted octanol–water partition coefficient (Wildman–Crippen LogP) is 2.57. The van der Waals surface area contributed by atoms with Gasteiger partial charge in [-0.1, -0.05) is 25.4 Å². The highest BCUT2D eigenvalue weighted by molar-refractivity contribution is 6.33. The van der Waals surface area contributed by atoms with Crippen LogP contribution in [-0.2, 0) is 0 Å². The van der Waals surface area contributed by atoms with Gasteiger partial charge in [0.25, 0.3) is 5.91 Å². The lowest BCUT2D eigenvalue weighted by Gasteiger charge is -2.28. The number of hydrogen-bond donors (Lipinski definition) is 2. The van der Waals surface area contributed by atoms with E-state index in [9.17, 15) is 10.0 Å². The molecule has 0 aliphatic carbocycles. The number of rotatable bonds is 6. The first kappa shape index (κ1) is 16.8. The maximum Gasteiger partial charge on any atom is 0.251 e. The molecule has 6 heteroatoms. The van der Waals surface area contributed by atoms with Crippen molar-refractivity contribution in [3.8, 4) is 0 Å². The van der Waals surface area contributed by atoms with Crippen LogP contribution in [0.4, 0.5) is 5.69 Å². The zero-order chi connectivity index (χ0) is 15.3. The lowest BCUT2D eigenvalue weighted by Crippen LogP contribution is -2.39. The fraction of sp³-hybridized carbons (Fsp3) is 0.500. The van der Waals surface area contributed by atoms with Gasteiger partial charge in [-0.2, -0.15) is 0 Å². The fourth-order valence-electron chi connectivity index (χ4n) is 2.07. The second kappa shape index (κ2) is 6.92. The quantitative estimate of drug-likeness (QED) is 0.792. The summed E-state index contributed by atoms with van der Waals surface area (Å²) in [7, 11) is 4.00. The maximum atomic E-state index is 12.0. The molecule has 0 aromatic heterocycles. The molecule has 0 bridgehead atoms. The Labute approximate surface area is 124 Å². The molecule has 1 aromatic carbocycles. The molecule has 0 saturated heterocycles. The van der Waals surface area contributed by atoms with Gasteiger partial charge < -0.3 is 20.9 Å². The number of amides is 1. The molecular weight excluding hydrogens is 278 g/mol. The van der Waals surface area contributed by atoms with Crippen molar-refractivity contribution in [1.82, 2.24) is 10.2 Å². The van der Waals surface area contributed by atoms with Gasteiger partial charge in [0.2, 0.25) is 0 Å². The third-order valence-electron chi connectivity index (χ3n) is 2.81. The van der Waals surface area contributed by atoms with Crippen molar-refractivity contribution in [3.05, 3.63) is 34.0 Å². The minimum atomic E-state index is -0.198. The monoisotopic (exact) mass is 298 g/mol. The highest BCUT2D eigenvalue weighted by Crippen LogP contribution is 2.22. The van der Waals surface area contributed by atoms with E-state index in [1.807, 2.05) is 14.1 Å². The molecule has 1 aromatic rings. The van der Waals surface area contributed by atoms with E-state index in [1.54, 1.807) is 11.5 Å². The molecule has 0 unspecified atom stereocenters. The Morgan fingerprint density at radius 3 is 2.55 bits per heavy atom. The number of hydrogen-bond acceptors (Lipinski definition) is 4. The zero-order valence-corrected chi connectivity index (χ0v) is 13.0. The molecule has 20 heavy (non-hydrogen) atoms. The average molecular weight is 299 g/mol. The Bertz CT molecular complexity index is 475. The minimum absolute atomic E-state index is 0.0283. The van der Waals surface area contributed by atoms with Crippen molar-refractivity contribution in [1.29, 1.82) is 0 Å². The summed E-state index contributed by atoms with van der Waals surface area (Å²) in [5, 5.41) is 13.7. The van der Waals surface area contributed by atoms with Gasteiger partial charge in [-0.25, -0.2) is 0 Å². The van der Waals surface area contributed by atoms with E-state index in [1.165, 1.54) is 12.1 Å². The van der Waals surface area contributed by atoms with Crippen LogP contribution in [0.25, 0.3) is 0 Å². The van der Waals surface area contributed by atoms with Gasteiger partial charge in [0.15, 0.2) is 0 Å². The standard InChI is InChI=1S/C14H21ClN3O2/c1-14(2,9-18(3)4)8-16-13(19)10-5-6-12(17-20)11(15)7-10/h5-7,17H,8-9H2,1-4H3,(H,16,19)/q-1. The summed E-state index contributed by atoms with van der Waals surface area (Å²) in [6.45, 7) is 5.60. The van der Waals surface area contributed by atoms with E-state index in [4.69, 9.17) is 11.6 Å². The van der Waals surface area contributed by atoms with Gasteiger partial charge in [0, 0.05) is 24.3 Å². The summed E-state index contributed by atoms with van der Waals surface area (Å²) in [6.07, 6.45) is 0. The molecule has 0 aliphatic heterocycles. The van der Waals surface area contributed by atoms with Crippen LogP contribution < -0.4 is 10.8 Å². The molecule has 0 fully saturated rings. The molecule has 0 aliphatic rings. The first-order chi connectivity index (χ1) is 9.25. The Kier molecular flexibility index (Phi) is 5.80. The number of carbonyl (C=O) groups is 1. The summed E-state index contributed by atoms with van der Waals surface area (Å²) >= 11 is 5.88. The van der Waals surface area contributed by atoms with E-state index >= 15 is 0 Å². The Morgan fingerprint density at radius 2 is 2.05 bits per heavy atom. The number of nitrogens with zero attached hydrogens (tertiary/aromatic N) is 1. The van der Waals surface area contributed by atoms with E-state index in [-0.39, 0.29) is 22.0 Å². The molecule has 112 valence electrons. The highest BCUT2D eigenvalue weighted by atomic mass is 35.5. The van der Waals surface area contributed by atoms with Crippen molar-refractivity contribution in [3.63, 3.8) is 0 Å². The number of anilines is 1. The van der Waals surface area contributed by atoms with Gasteiger partial charge in [-0.15, -0.1) is 0 Å². The number of nitrogens with one attached hydrogen (secondary N) is 2. The van der Waals surface area contributed by atoms with Crippen molar-refractivity contribution < 1.29 is 4.79 Å². The van der Waals surface area contributed by atoms with Gasteiger partial charge in [0.05, 0.1) is 5.02 Å². The molecule has 0 radical (unpaired) electrons. The smallest absolute Gasteiger partial charge is 0.251 e. The summed E-state index contributed by atoms with van der Waals surface area (Å²) < 4.78 is 0. The summed E-state index contributed by atoms with van der Waals surface area (Å²) in [6, 6.07) is 4.55. The molecule has 1 rings (SSSR count). The minimum Gasteiger partial charge on any atom is -0.761 e. The van der Waals surface area contributed by atoms with Crippen molar-refractivity contribution in [2.75, 3.05) is 32.7 Å². The van der Waals surface area contributed by atoms with E-state index < -0.39 is 0 Å². The molecule has 1 amide bonds. The normalized spacial score (nSPS) is 11.6. The highest BCUT2D eigenvalue weighted by Gasteiger charge is 2.20. The fourth-order valence-corrected chi connectivity index (χ4v) is 2.29. The topological polar surface area (TPSA) is 67.4 Å². The van der Waals surface area contributed by atoms with Crippen LogP contribution in [0.3, 0.4) is 0 Å². The second-order valence-corrected chi connectivity index (χ2v) is 6.29. The Balaban J connectivity index is 2.65. The van der Waals surface area contributed by atoms with Crippen LogP contribution in [0, 0.1) is 10.6 Å². The molecule has 5 nitrogen and oxygen atoms in total. The third-order valence-corrected chi connectivity index (χ3v) is 3.13. The van der Waals surface area contributed by atoms with Crippen molar-refractivity contribution in [2.45, 2.75) is 13.8 Å². The summed E-state index contributed by atoms with van der Waals surface area (Å²) in [5.41, 5.74) is 2.39. The molecule has 2 N–H and O–H groups in total. The van der Waals surface area contributed by atoms with E-state index in [0.717, 1.165) is 6.54 Å². The number of benzene rings is 1. The van der Waals surface area contributed by atoms with Crippen molar-refractivity contribution in [2.24, 2.45) is 5.41 Å². The Hall–Kier alpha value is -1.30. The lowest BCUT2D eigenvalue weighted by atomic mass is 9.93. The molecule has 0 heterocycles. The molecule has 0 saturated carbocycles. The first-order valence-corrected chi connectivity index (χ1v) is 6.73. The van der Waals surface area contributed by atoms with Gasteiger partial charge in [-0.3, -0.25) is 4.79 Å². The second-order valence-electron chi connectivity index (χ2n) is 5.88. The van der Waals surface area contributed by atoms with E-state index in [2.05, 4.69) is 24.1 Å². The lowest BCUT2D eigenvalue weighted by molar-refractivity contribution is 0.0929. The number of carbonyl (C=O) groups excluding carboxylic acids is 1. The van der Waals surface area contributed by atoms with Gasteiger partial charge >= 0.3 is 0 Å².